The molecule has 0 aliphatic heterocycles. The lowest BCUT2D eigenvalue weighted by Gasteiger charge is -2.30. The van der Waals surface area contributed by atoms with E-state index in [9.17, 15) is 0 Å². The van der Waals surface area contributed by atoms with Gasteiger partial charge in [-0.2, -0.15) is 0 Å². The molecule has 0 aliphatic rings. The Kier molecular flexibility index (Phi) is 3.06. The van der Waals surface area contributed by atoms with Crippen molar-refractivity contribution in [2.45, 2.75) is 0 Å². The molecule has 0 bridgehead atoms. The number of para-hydroxylation sites is 5. The van der Waals surface area contributed by atoms with Crippen LogP contribution in [0.3, 0.4) is 0 Å². The van der Waals surface area contributed by atoms with Gasteiger partial charge in [0.25, 0.3) is 0 Å². The van der Waals surface area contributed by atoms with Crippen LogP contribution in [-0.4, -0.2) is 0 Å². The van der Waals surface area contributed by atoms with Crippen molar-refractivity contribution in [3.63, 3.8) is 0 Å². The summed E-state index contributed by atoms with van der Waals surface area (Å²) in [5.74, 6) is 0. The Bertz CT molecular complexity index is 2310. The maximum Gasteiger partial charge on any atom is 0.0645 e. The molecule has 6 aromatic rings. The van der Waals surface area contributed by atoms with Gasteiger partial charge in [0.2, 0.25) is 0 Å². The second kappa shape index (κ2) is 11.4. The highest BCUT2D eigenvalue weighted by atomic mass is 15.2. The van der Waals surface area contributed by atoms with Crippen LogP contribution in [0, 0.1) is 0 Å². The van der Waals surface area contributed by atoms with Gasteiger partial charge in [0.05, 0.1) is 38.8 Å². The maximum atomic E-state index is 8.93. The van der Waals surface area contributed by atoms with E-state index < -0.39 is 144 Å². The van der Waals surface area contributed by atoms with Crippen molar-refractivity contribution in [1.82, 2.24) is 0 Å². The van der Waals surface area contributed by atoms with Gasteiger partial charge < -0.3 is 15.1 Å². The van der Waals surface area contributed by atoms with Crippen molar-refractivity contribution in [2.75, 3.05) is 15.1 Å². The normalized spacial score (nSPS) is 17.7. The van der Waals surface area contributed by atoms with Gasteiger partial charge in [-0.15, -0.1) is 0 Å². The minimum atomic E-state index is -0.862. The molecule has 3 heteroatoms. The first-order valence-electron chi connectivity index (χ1n) is 21.5. The molecule has 0 saturated heterocycles. The summed E-state index contributed by atoms with van der Waals surface area (Å²) in [6.45, 7) is 0. The van der Waals surface area contributed by atoms with Crippen molar-refractivity contribution in [3.8, 4) is 0 Å². The summed E-state index contributed by atoms with van der Waals surface area (Å²) >= 11 is 0. The number of benzene rings is 6. The number of hydrogen-bond acceptors (Lipinski definition) is 3. The van der Waals surface area contributed by atoms with Crippen LogP contribution >= 0.6 is 0 Å². The van der Waals surface area contributed by atoms with Crippen LogP contribution in [0.4, 0.5) is 45.5 Å². The van der Waals surface area contributed by atoms with Gasteiger partial charge in [-0.05, 0) is 78.7 Å². The molecular formula is C36H29N3. The van der Waals surface area contributed by atoms with Gasteiger partial charge in [-0.1, -0.05) is 90.7 Å². The van der Waals surface area contributed by atoms with Crippen LogP contribution in [0.15, 0.2) is 169 Å². The topological polar surface area (TPSA) is 18.5 Å². The zero-order chi connectivity index (χ0) is 43.7. The third kappa shape index (κ3) is 5.53. The first-order valence-corrected chi connectivity index (χ1v) is 11.5. The highest BCUT2D eigenvalue weighted by molar-refractivity contribution is 5.86. The van der Waals surface area contributed by atoms with Gasteiger partial charge in [-0.25, -0.2) is 0 Å². The van der Waals surface area contributed by atoms with E-state index in [1.165, 1.54) is 12.1 Å². The smallest absolute Gasteiger partial charge is 0.0645 e. The lowest BCUT2D eigenvalue weighted by Crippen LogP contribution is -2.13. The minimum absolute atomic E-state index is 0.0261. The van der Waals surface area contributed by atoms with Gasteiger partial charge in [0, 0.05) is 34.1 Å². The summed E-state index contributed by atoms with van der Waals surface area (Å²) in [6, 6.07) is -4.86. The van der Waals surface area contributed by atoms with E-state index in [1.807, 2.05) is 0 Å². The van der Waals surface area contributed by atoms with Crippen LogP contribution in [0.25, 0.3) is 0 Å². The molecule has 0 atom stereocenters. The number of rotatable bonds is 8. The summed E-state index contributed by atoms with van der Waals surface area (Å²) < 4.78 is 172. The molecule has 3 nitrogen and oxygen atoms in total. The van der Waals surface area contributed by atoms with E-state index in [0.717, 1.165) is 15.9 Å². The molecule has 6 rings (SSSR count). The second-order valence-electron chi connectivity index (χ2n) is 7.79. The summed E-state index contributed by atoms with van der Waals surface area (Å²) in [4.78, 5) is 1.64. The molecule has 39 heavy (non-hydrogen) atoms. The van der Waals surface area contributed by atoms with Gasteiger partial charge in [0.1, 0.15) is 0 Å². The SMILES string of the molecule is [2H]c1c([2H])c([2H])c(N(c2cc(Nc3ccccc3)cc(N(c3c([2H])c([2H])c([2H])c([2H])c3[2H])c3c([2H])c([2H])c([2H])c([2H])c3[2H])c2)c2c([2H])c([2H])c([2H])c([2H])c2[2H])c([2H])c1[2H]. The van der Waals surface area contributed by atoms with E-state index in [4.69, 9.17) is 27.4 Å². The number of nitrogens with one attached hydrogen (secondary N) is 1. The van der Waals surface area contributed by atoms with E-state index in [0.29, 0.717) is 5.69 Å². The van der Waals surface area contributed by atoms with Crippen LogP contribution in [0.5, 0.6) is 0 Å². The molecule has 1 N–H and O–H groups in total. The zero-order valence-corrected chi connectivity index (χ0v) is 20.0. The Hall–Kier alpha value is -5.28. The molecule has 0 saturated carbocycles. The van der Waals surface area contributed by atoms with Gasteiger partial charge >= 0.3 is 0 Å². The fraction of sp³-hybridized carbons (Fsp3) is 0. The molecule has 0 unspecified atom stereocenters. The lowest BCUT2D eigenvalue weighted by atomic mass is 10.1. The summed E-state index contributed by atoms with van der Waals surface area (Å²) in [7, 11) is 0. The molecule has 0 aromatic heterocycles. The summed E-state index contributed by atoms with van der Waals surface area (Å²) in [6.07, 6.45) is 0. The van der Waals surface area contributed by atoms with Crippen LogP contribution in [0.1, 0.15) is 27.4 Å². The first-order chi connectivity index (χ1) is 27.6. The predicted octanol–water partition coefficient (Wildman–Crippen LogP) is 10.4. The van der Waals surface area contributed by atoms with Crippen molar-refractivity contribution < 1.29 is 27.4 Å². The summed E-state index contributed by atoms with van der Waals surface area (Å²) in [5, 5.41) is 3.10. The number of hydrogen-bond donors (Lipinski definition) is 1. The van der Waals surface area contributed by atoms with Crippen molar-refractivity contribution in [3.05, 3.63) is 169 Å². The molecule has 0 spiro atoms. The average Bonchev–Trinajstić information content (AvgIpc) is 3.22. The minimum Gasteiger partial charge on any atom is -0.355 e. The fourth-order valence-corrected chi connectivity index (χ4v) is 3.77. The predicted molar refractivity (Wildman–Crippen MR) is 166 cm³/mol. The van der Waals surface area contributed by atoms with Gasteiger partial charge in [0.15, 0.2) is 0 Å². The molecule has 0 heterocycles. The van der Waals surface area contributed by atoms with Gasteiger partial charge in [-0.3, -0.25) is 0 Å². The highest BCUT2D eigenvalue weighted by Crippen LogP contribution is 2.42. The summed E-state index contributed by atoms with van der Waals surface area (Å²) in [5.41, 5.74) is -2.93. The molecular weight excluding hydrogens is 474 g/mol. The van der Waals surface area contributed by atoms with E-state index in [2.05, 4.69) is 5.32 Å². The Labute approximate surface area is 258 Å². The Morgan fingerprint density at radius 2 is 0.744 bits per heavy atom. The standard InChI is InChI=1S/C36H29N3/c1-6-16-29(17-7-1)37-30-26-35(38(31-18-8-2-9-19-31)32-20-10-3-11-21-32)28-36(27-30)39(33-22-12-4-13-23-33)34-24-14-5-15-25-34/h1-28,37H/i2D,3D,4D,5D,8D,9D,10D,11D,12D,13D,14D,15D,18D,19D,20D,21D,22D,23D,24D,25D. The van der Waals surface area contributed by atoms with Crippen LogP contribution in [-0.2, 0) is 0 Å². The third-order valence-corrected chi connectivity index (χ3v) is 5.32. The Morgan fingerprint density at radius 3 is 1.10 bits per heavy atom. The van der Waals surface area contributed by atoms with Crippen molar-refractivity contribution in [1.29, 1.82) is 0 Å². The highest BCUT2D eigenvalue weighted by Gasteiger charge is 2.18. The zero-order valence-electron chi connectivity index (χ0n) is 40.0. The number of anilines is 8. The average molecular weight is 524 g/mol. The first kappa shape index (κ1) is 10.5. The molecule has 0 amide bonds. The second-order valence-corrected chi connectivity index (χ2v) is 7.79. The monoisotopic (exact) mass is 523 g/mol. The van der Waals surface area contributed by atoms with E-state index in [-0.39, 0.29) is 17.1 Å². The van der Waals surface area contributed by atoms with Crippen molar-refractivity contribution in [2.24, 2.45) is 0 Å². The molecule has 0 aliphatic carbocycles. The molecule has 6 aromatic carbocycles. The molecule has 0 radical (unpaired) electrons. The molecule has 188 valence electrons. The van der Waals surface area contributed by atoms with E-state index in [1.54, 1.807) is 30.3 Å². The largest absolute Gasteiger partial charge is 0.355 e. The number of nitrogens with zero attached hydrogens (tertiary/aromatic N) is 2. The van der Waals surface area contributed by atoms with Crippen LogP contribution in [0.2, 0.25) is 0 Å². The maximum absolute atomic E-state index is 8.93. The van der Waals surface area contributed by atoms with E-state index >= 15 is 0 Å². The van der Waals surface area contributed by atoms with Crippen LogP contribution < -0.4 is 15.1 Å². The third-order valence-electron chi connectivity index (χ3n) is 5.32. The molecule has 0 fully saturated rings. The Morgan fingerprint density at radius 1 is 0.385 bits per heavy atom. The Balaban J connectivity index is 1.87. The fourth-order valence-electron chi connectivity index (χ4n) is 3.77. The van der Waals surface area contributed by atoms with Crippen molar-refractivity contribution >= 4 is 45.5 Å². The lowest BCUT2D eigenvalue weighted by molar-refractivity contribution is 1.25. The quantitative estimate of drug-likeness (QED) is 0.214.